The summed E-state index contributed by atoms with van der Waals surface area (Å²) < 4.78 is 0. The van der Waals surface area contributed by atoms with Crippen LogP contribution in [-0.4, -0.2) is 36.6 Å². The number of carbonyl (C=O) groups is 1. The summed E-state index contributed by atoms with van der Waals surface area (Å²) >= 11 is 0. The van der Waals surface area contributed by atoms with E-state index in [9.17, 15) is 4.79 Å². The SMILES string of the molecule is NCC1CCCC1NC(=O)N1CCCCCC1. The number of hydrogen-bond donors (Lipinski definition) is 2. The zero-order chi connectivity index (χ0) is 12.1. The Balaban J connectivity index is 1.82. The van der Waals surface area contributed by atoms with Crippen molar-refractivity contribution in [2.24, 2.45) is 11.7 Å². The van der Waals surface area contributed by atoms with Gasteiger partial charge in [0.05, 0.1) is 0 Å². The van der Waals surface area contributed by atoms with Crippen molar-refractivity contribution < 1.29 is 4.79 Å². The fraction of sp³-hybridized carbons (Fsp3) is 0.923. The number of amides is 2. The third-order valence-electron chi connectivity index (χ3n) is 4.16. The molecule has 2 atom stereocenters. The minimum absolute atomic E-state index is 0.136. The van der Waals surface area contributed by atoms with Crippen LogP contribution in [0.4, 0.5) is 4.79 Å². The number of carbonyl (C=O) groups excluding carboxylic acids is 1. The molecule has 1 saturated carbocycles. The van der Waals surface area contributed by atoms with E-state index in [1.165, 1.54) is 25.7 Å². The highest BCUT2D eigenvalue weighted by molar-refractivity contribution is 5.74. The first kappa shape index (κ1) is 12.7. The molecular formula is C13H25N3O. The van der Waals surface area contributed by atoms with Crippen LogP contribution in [0.3, 0.4) is 0 Å². The van der Waals surface area contributed by atoms with E-state index in [1.807, 2.05) is 4.90 Å². The maximum Gasteiger partial charge on any atom is 0.317 e. The van der Waals surface area contributed by atoms with Crippen LogP contribution >= 0.6 is 0 Å². The first-order valence-corrected chi connectivity index (χ1v) is 7.07. The van der Waals surface area contributed by atoms with E-state index >= 15 is 0 Å². The Kier molecular flexibility index (Phi) is 4.66. The van der Waals surface area contributed by atoms with Crippen LogP contribution in [0.25, 0.3) is 0 Å². The van der Waals surface area contributed by atoms with Crippen LogP contribution in [-0.2, 0) is 0 Å². The zero-order valence-corrected chi connectivity index (χ0v) is 10.7. The van der Waals surface area contributed by atoms with Gasteiger partial charge in [0.1, 0.15) is 0 Å². The molecule has 0 aromatic heterocycles. The van der Waals surface area contributed by atoms with Gasteiger partial charge in [-0.3, -0.25) is 0 Å². The summed E-state index contributed by atoms with van der Waals surface area (Å²) in [5.41, 5.74) is 5.74. The minimum atomic E-state index is 0.136. The summed E-state index contributed by atoms with van der Waals surface area (Å²) in [5.74, 6) is 0.492. The van der Waals surface area contributed by atoms with Crippen molar-refractivity contribution in [3.63, 3.8) is 0 Å². The monoisotopic (exact) mass is 239 g/mol. The maximum absolute atomic E-state index is 12.1. The van der Waals surface area contributed by atoms with Gasteiger partial charge in [-0.1, -0.05) is 19.3 Å². The highest BCUT2D eigenvalue weighted by atomic mass is 16.2. The van der Waals surface area contributed by atoms with E-state index in [-0.39, 0.29) is 6.03 Å². The van der Waals surface area contributed by atoms with E-state index < -0.39 is 0 Å². The third-order valence-corrected chi connectivity index (χ3v) is 4.16. The lowest BCUT2D eigenvalue weighted by atomic mass is 10.0. The van der Waals surface area contributed by atoms with Gasteiger partial charge in [0.25, 0.3) is 0 Å². The number of likely N-dealkylation sites (tertiary alicyclic amines) is 1. The van der Waals surface area contributed by atoms with Gasteiger partial charge < -0.3 is 16.0 Å². The van der Waals surface area contributed by atoms with E-state index in [0.717, 1.165) is 32.4 Å². The molecule has 1 heterocycles. The predicted octanol–water partition coefficient (Wildman–Crippen LogP) is 1.70. The second kappa shape index (κ2) is 6.24. The summed E-state index contributed by atoms with van der Waals surface area (Å²) in [4.78, 5) is 14.1. The van der Waals surface area contributed by atoms with Crippen LogP contribution in [0.15, 0.2) is 0 Å². The molecule has 1 aliphatic heterocycles. The largest absolute Gasteiger partial charge is 0.335 e. The first-order valence-electron chi connectivity index (χ1n) is 7.07. The maximum atomic E-state index is 12.1. The van der Waals surface area contributed by atoms with Crippen LogP contribution in [0.5, 0.6) is 0 Å². The molecule has 0 aromatic carbocycles. The Bertz CT molecular complexity index is 249. The van der Waals surface area contributed by atoms with Gasteiger partial charge in [-0.05, 0) is 38.1 Å². The predicted molar refractivity (Wildman–Crippen MR) is 68.8 cm³/mol. The lowest BCUT2D eigenvalue weighted by molar-refractivity contribution is 0.192. The Morgan fingerprint density at radius 3 is 2.47 bits per heavy atom. The molecule has 2 amide bonds. The van der Waals surface area contributed by atoms with Crippen molar-refractivity contribution in [1.82, 2.24) is 10.2 Å². The lowest BCUT2D eigenvalue weighted by Gasteiger charge is -2.26. The summed E-state index contributed by atoms with van der Waals surface area (Å²) in [5, 5.41) is 3.18. The van der Waals surface area contributed by atoms with E-state index in [2.05, 4.69) is 5.32 Å². The number of nitrogens with one attached hydrogen (secondary N) is 1. The number of nitrogens with two attached hydrogens (primary N) is 1. The highest BCUT2D eigenvalue weighted by Gasteiger charge is 2.28. The molecular weight excluding hydrogens is 214 g/mol. The van der Waals surface area contributed by atoms with Crippen molar-refractivity contribution in [2.75, 3.05) is 19.6 Å². The number of nitrogens with zero attached hydrogens (tertiary/aromatic N) is 1. The molecule has 2 aliphatic rings. The van der Waals surface area contributed by atoms with E-state index in [4.69, 9.17) is 5.73 Å². The van der Waals surface area contributed by atoms with Crippen LogP contribution in [0.2, 0.25) is 0 Å². The molecule has 0 spiro atoms. The quantitative estimate of drug-likeness (QED) is 0.770. The van der Waals surface area contributed by atoms with E-state index in [1.54, 1.807) is 0 Å². The molecule has 0 aromatic rings. The van der Waals surface area contributed by atoms with Crippen molar-refractivity contribution in [3.05, 3.63) is 0 Å². The summed E-state index contributed by atoms with van der Waals surface area (Å²) in [6, 6.07) is 0.452. The van der Waals surface area contributed by atoms with Crippen LogP contribution < -0.4 is 11.1 Å². The Labute approximate surface area is 104 Å². The van der Waals surface area contributed by atoms with Gasteiger partial charge in [-0.2, -0.15) is 0 Å². The third kappa shape index (κ3) is 3.35. The molecule has 4 heteroatoms. The Morgan fingerprint density at radius 1 is 1.12 bits per heavy atom. The highest BCUT2D eigenvalue weighted by Crippen LogP contribution is 2.24. The molecule has 4 nitrogen and oxygen atoms in total. The molecule has 3 N–H and O–H groups in total. The number of urea groups is 1. The average molecular weight is 239 g/mol. The van der Waals surface area contributed by atoms with Gasteiger partial charge in [0, 0.05) is 19.1 Å². The van der Waals surface area contributed by atoms with Crippen molar-refractivity contribution in [2.45, 2.75) is 51.0 Å². The smallest absolute Gasteiger partial charge is 0.317 e. The topological polar surface area (TPSA) is 58.4 Å². The van der Waals surface area contributed by atoms with Crippen LogP contribution in [0, 0.1) is 5.92 Å². The molecule has 1 aliphatic carbocycles. The van der Waals surface area contributed by atoms with Crippen molar-refractivity contribution >= 4 is 6.03 Å². The Hall–Kier alpha value is -0.770. The normalized spacial score (nSPS) is 30.1. The van der Waals surface area contributed by atoms with E-state index in [0.29, 0.717) is 18.5 Å². The van der Waals surface area contributed by atoms with Crippen molar-refractivity contribution in [1.29, 1.82) is 0 Å². The molecule has 2 fully saturated rings. The molecule has 0 bridgehead atoms. The van der Waals surface area contributed by atoms with Crippen molar-refractivity contribution in [3.8, 4) is 0 Å². The van der Waals surface area contributed by atoms with Gasteiger partial charge in [0.15, 0.2) is 0 Å². The summed E-state index contributed by atoms with van der Waals surface area (Å²) in [6.45, 7) is 2.54. The summed E-state index contributed by atoms with van der Waals surface area (Å²) in [7, 11) is 0. The van der Waals surface area contributed by atoms with Gasteiger partial charge in [-0.25, -0.2) is 4.79 Å². The van der Waals surface area contributed by atoms with Gasteiger partial charge >= 0.3 is 6.03 Å². The Morgan fingerprint density at radius 2 is 1.82 bits per heavy atom. The number of rotatable bonds is 2. The van der Waals surface area contributed by atoms with Gasteiger partial charge in [-0.15, -0.1) is 0 Å². The zero-order valence-electron chi connectivity index (χ0n) is 10.7. The summed E-state index contributed by atoms with van der Waals surface area (Å²) in [6.07, 6.45) is 8.30. The molecule has 0 radical (unpaired) electrons. The molecule has 1 saturated heterocycles. The van der Waals surface area contributed by atoms with Crippen LogP contribution in [0.1, 0.15) is 44.9 Å². The fourth-order valence-corrected chi connectivity index (χ4v) is 3.03. The first-order chi connectivity index (χ1) is 8.31. The van der Waals surface area contributed by atoms with Gasteiger partial charge in [0.2, 0.25) is 0 Å². The minimum Gasteiger partial charge on any atom is -0.335 e. The second-order valence-corrected chi connectivity index (χ2v) is 5.38. The standard InChI is InChI=1S/C13H25N3O/c14-10-11-6-5-7-12(11)15-13(17)16-8-3-1-2-4-9-16/h11-12H,1-10,14H2,(H,15,17). The molecule has 2 rings (SSSR count). The lowest BCUT2D eigenvalue weighted by Crippen LogP contribution is -2.47. The second-order valence-electron chi connectivity index (χ2n) is 5.38. The molecule has 98 valence electrons. The molecule has 2 unspecified atom stereocenters. The average Bonchev–Trinajstić information content (AvgIpc) is 2.62. The number of hydrogen-bond acceptors (Lipinski definition) is 2. The fourth-order valence-electron chi connectivity index (χ4n) is 3.03. The molecule has 17 heavy (non-hydrogen) atoms.